The summed E-state index contributed by atoms with van der Waals surface area (Å²) in [4.78, 5) is 30.7. The summed E-state index contributed by atoms with van der Waals surface area (Å²) in [5, 5.41) is 5.77. The number of rotatable bonds is 8. The van der Waals surface area contributed by atoms with Crippen LogP contribution in [0.25, 0.3) is 0 Å². The van der Waals surface area contributed by atoms with Gasteiger partial charge in [0, 0.05) is 49.2 Å². The van der Waals surface area contributed by atoms with E-state index in [9.17, 15) is 9.59 Å². The number of hydrogen-bond donors (Lipinski definition) is 2. The number of carbonyl (C=O) groups is 2. The van der Waals surface area contributed by atoms with Gasteiger partial charge in [0.15, 0.2) is 11.5 Å². The summed E-state index contributed by atoms with van der Waals surface area (Å²) < 4.78 is 16.5. The largest absolute Gasteiger partial charge is 0.493 e. The number of para-hydroxylation sites is 1. The number of methoxy groups -OCH3 is 2. The van der Waals surface area contributed by atoms with Gasteiger partial charge in [-0.05, 0) is 44.5 Å². The van der Waals surface area contributed by atoms with Crippen molar-refractivity contribution < 1.29 is 23.8 Å². The van der Waals surface area contributed by atoms with E-state index in [1.54, 1.807) is 26.2 Å². The summed E-state index contributed by atoms with van der Waals surface area (Å²) in [7, 11) is 3.09. The number of amides is 2. The van der Waals surface area contributed by atoms with Gasteiger partial charge in [0.05, 0.1) is 32.4 Å². The summed E-state index contributed by atoms with van der Waals surface area (Å²) >= 11 is 0. The summed E-state index contributed by atoms with van der Waals surface area (Å²) in [6.45, 7) is 9.10. The highest BCUT2D eigenvalue weighted by Gasteiger charge is 2.37. The Bertz CT molecular complexity index is 1180. The van der Waals surface area contributed by atoms with E-state index in [1.165, 1.54) is 18.4 Å². The molecule has 1 saturated heterocycles. The van der Waals surface area contributed by atoms with E-state index in [2.05, 4.69) is 58.5 Å². The molecule has 2 aromatic carbocycles. The highest BCUT2D eigenvalue weighted by atomic mass is 16.5. The van der Waals surface area contributed by atoms with Crippen LogP contribution < -0.4 is 25.0 Å². The van der Waals surface area contributed by atoms with Crippen LogP contribution in [0.2, 0.25) is 0 Å². The molecule has 37 heavy (non-hydrogen) atoms. The molecule has 0 bridgehead atoms. The molecule has 0 aliphatic carbocycles. The minimum absolute atomic E-state index is 0.220. The van der Waals surface area contributed by atoms with Crippen LogP contribution in [-0.2, 0) is 9.53 Å². The topological polar surface area (TPSA) is 92.4 Å². The minimum atomic E-state index is -0.751. The number of esters is 1. The molecule has 2 aromatic rings. The monoisotopic (exact) mass is 508 g/mol. The Kier molecular flexibility index (Phi) is 8.23. The fourth-order valence-electron chi connectivity index (χ4n) is 5.16. The predicted molar refractivity (Wildman–Crippen MR) is 142 cm³/mol. The molecule has 2 heterocycles. The molecule has 0 aromatic heterocycles. The summed E-state index contributed by atoms with van der Waals surface area (Å²) in [5.74, 6) is 0.490. The van der Waals surface area contributed by atoms with Crippen LogP contribution in [0.4, 0.5) is 10.5 Å². The lowest BCUT2D eigenvalue weighted by molar-refractivity contribution is -0.139. The van der Waals surface area contributed by atoms with Gasteiger partial charge in [0.1, 0.15) is 0 Å². The number of nitrogens with zero attached hydrogens (tertiary/aromatic N) is 2. The molecular weight excluding hydrogens is 472 g/mol. The Hall–Kier alpha value is -3.72. The lowest BCUT2D eigenvalue weighted by Crippen LogP contribution is -2.54. The van der Waals surface area contributed by atoms with Gasteiger partial charge >= 0.3 is 12.0 Å². The third-order valence-electron chi connectivity index (χ3n) is 6.82. The number of hydrogen-bond acceptors (Lipinski definition) is 7. The number of carbonyl (C=O) groups excluding carboxylic acids is 2. The van der Waals surface area contributed by atoms with Crippen LogP contribution in [0.5, 0.6) is 11.5 Å². The predicted octanol–water partition coefficient (Wildman–Crippen LogP) is 3.39. The number of nitrogens with one attached hydrogen (secondary N) is 2. The van der Waals surface area contributed by atoms with E-state index in [4.69, 9.17) is 14.2 Å². The van der Waals surface area contributed by atoms with Crippen molar-refractivity contribution in [3.63, 3.8) is 0 Å². The first kappa shape index (κ1) is 26.3. The maximum atomic E-state index is 13.3. The van der Waals surface area contributed by atoms with Crippen molar-refractivity contribution in [2.75, 3.05) is 51.9 Å². The van der Waals surface area contributed by atoms with Crippen LogP contribution in [0.15, 0.2) is 53.7 Å². The van der Waals surface area contributed by atoms with Crippen molar-refractivity contribution in [1.82, 2.24) is 15.5 Å². The first-order chi connectivity index (χ1) is 17.9. The summed E-state index contributed by atoms with van der Waals surface area (Å²) in [5.41, 5.74) is 3.96. The molecule has 0 spiro atoms. The zero-order chi connectivity index (χ0) is 26.5. The average molecular weight is 509 g/mol. The summed E-state index contributed by atoms with van der Waals surface area (Å²) in [6.07, 6.45) is 0. The molecule has 9 heteroatoms. The number of aryl methyl sites for hydroxylation is 1. The first-order valence-corrected chi connectivity index (χ1v) is 12.6. The van der Waals surface area contributed by atoms with Crippen molar-refractivity contribution in [3.8, 4) is 11.5 Å². The molecule has 2 amide bonds. The van der Waals surface area contributed by atoms with Crippen LogP contribution >= 0.6 is 0 Å². The Morgan fingerprint density at radius 2 is 1.89 bits per heavy atom. The second-order valence-corrected chi connectivity index (χ2v) is 9.34. The van der Waals surface area contributed by atoms with Gasteiger partial charge in [-0.15, -0.1) is 0 Å². The van der Waals surface area contributed by atoms with Crippen molar-refractivity contribution in [2.45, 2.75) is 32.9 Å². The van der Waals surface area contributed by atoms with E-state index < -0.39 is 12.0 Å². The quantitative estimate of drug-likeness (QED) is 0.528. The zero-order valence-corrected chi connectivity index (χ0v) is 22.2. The second kappa shape index (κ2) is 11.6. The average Bonchev–Trinajstić information content (AvgIpc) is 2.88. The molecule has 1 fully saturated rings. The van der Waals surface area contributed by atoms with Crippen molar-refractivity contribution >= 4 is 17.7 Å². The number of ether oxygens (including phenoxy) is 3. The maximum absolute atomic E-state index is 13.3. The van der Waals surface area contributed by atoms with Crippen molar-refractivity contribution in [2.24, 2.45) is 0 Å². The van der Waals surface area contributed by atoms with E-state index in [0.29, 0.717) is 34.9 Å². The van der Waals surface area contributed by atoms with Gasteiger partial charge in [0.25, 0.3) is 0 Å². The van der Waals surface area contributed by atoms with E-state index in [-0.39, 0.29) is 18.7 Å². The SMILES string of the molecule is CCOC(=O)C1=C(CN2CCN(c3cccc(C)c3)[C@@H](C)C2)NC(=O)N[C@H]1c1cccc(OC)c1OC. The highest BCUT2D eigenvalue weighted by Crippen LogP contribution is 2.39. The van der Waals surface area contributed by atoms with Gasteiger partial charge < -0.3 is 29.7 Å². The normalized spacial score (nSPS) is 20.2. The molecule has 2 N–H and O–H groups in total. The Balaban J connectivity index is 1.65. The van der Waals surface area contributed by atoms with Crippen LogP contribution in [0.1, 0.15) is 31.0 Å². The van der Waals surface area contributed by atoms with Crippen LogP contribution in [0, 0.1) is 6.92 Å². The molecule has 2 aliphatic rings. The first-order valence-electron chi connectivity index (χ1n) is 12.6. The molecule has 0 saturated carbocycles. The molecule has 2 aliphatic heterocycles. The van der Waals surface area contributed by atoms with Crippen LogP contribution in [0.3, 0.4) is 0 Å². The number of urea groups is 1. The molecule has 4 rings (SSSR count). The van der Waals surface area contributed by atoms with E-state index >= 15 is 0 Å². The van der Waals surface area contributed by atoms with Gasteiger partial charge in [-0.25, -0.2) is 9.59 Å². The second-order valence-electron chi connectivity index (χ2n) is 9.34. The lowest BCUT2D eigenvalue weighted by atomic mass is 9.93. The Morgan fingerprint density at radius 1 is 1.11 bits per heavy atom. The number of piperazine rings is 1. The third-order valence-corrected chi connectivity index (χ3v) is 6.82. The van der Waals surface area contributed by atoms with Crippen molar-refractivity contribution in [1.29, 1.82) is 0 Å². The molecule has 0 unspecified atom stereocenters. The van der Waals surface area contributed by atoms with Gasteiger partial charge in [-0.1, -0.05) is 24.3 Å². The number of anilines is 1. The third kappa shape index (κ3) is 5.67. The van der Waals surface area contributed by atoms with Gasteiger partial charge in [0.2, 0.25) is 0 Å². The maximum Gasteiger partial charge on any atom is 0.338 e. The Labute approximate surface area is 218 Å². The smallest absolute Gasteiger partial charge is 0.338 e. The minimum Gasteiger partial charge on any atom is -0.493 e. The fourth-order valence-corrected chi connectivity index (χ4v) is 5.16. The van der Waals surface area contributed by atoms with Gasteiger partial charge in [-0.3, -0.25) is 4.90 Å². The van der Waals surface area contributed by atoms with Crippen LogP contribution in [-0.4, -0.2) is 69.9 Å². The van der Waals surface area contributed by atoms with E-state index in [0.717, 1.165) is 19.6 Å². The molecule has 2 atom stereocenters. The Morgan fingerprint density at radius 3 is 2.57 bits per heavy atom. The molecule has 9 nitrogen and oxygen atoms in total. The highest BCUT2D eigenvalue weighted by molar-refractivity contribution is 5.95. The van der Waals surface area contributed by atoms with Crippen molar-refractivity contribution in [3.05, 3.63) is 64.9 Å². The number of benzene rings is 2. The zero-order valence-electron chi connectivity index (χ0n) is 22.2. The molecular formula is C28H36N4O5. The molecule has 198 valence electrons. The standard InChI is InChI=1S/C28H36N4O5/c1-6-37-27(33)24-22(17-31-13-14-32(19(3)16-31)20-10-7-9-18(2)15-20)29-28(34)30-25(24)21-11-8-12-23(35-4)26(21)36-5/h7-12,15,19,25H,6,13-14,16-17H2,1-5H3,(H2,29,30,34)/t19-,25-/m0/s1. The fraction of sp³-hybridized carbons (Fsp3) is 0.429. The molecule has 0 radical (unpaired) electrons. The van der Waals surface area contributed by atoms with E-state index in [1.807, 2.05) is 6.07 Å². The summed E-state index contributed by atoms with van der Waals surface area (Å²) in [6, 6.07) is 13.0. The van der Waals surface area contributed by atoms with Gasteiger partial charge in [-0.2, -0.15) is 0 Å². The lowest BCUT2D eigenvalue weighted by Gasteiger charge is -2.42.